The third-order valence-corrected chi connectivity index (χ3v) is 4.44. The van der Waals surface area contributed by atoms with Crippen LogP contribution in [-0.4, -0.2) is 44.7 Å². The normalized spacial score (nSPS) is 16.3. The fraction of sp³-hybridized carbons (Fsp3) is 0.300. The Morgan fingerprint density at radius 3 is 2.50 bits per heavy atom. The minimum absolute atomic E-state index is 0.0723. The Morgan fingerprint density at radius 1 is 1.12 bits per heavy atom. The summed E-state index contributed by atoms with van der Waals surface area (Å²) in [5.41, 5.74) is 2.35. The van der Waals surface area contributed by atoms with Crippen LogP contribution in [-0.2, 0) is 9.53 Å². The van der Waals surface area contributed by atoms with E-state index >= 15 is 0 Å². The molecule has 0 bridgehead atoms. The monoisotopic (exact) mass is 353 g/mol. The molecular weight excluding hydrogens is 330 g/mol. The molecule has 2 amide bonds. The molecule has 2 N–H and O–H groups in total. The van der Waals surface area contributed by atoms with Crippen molar-refractivity contribution in [3.05, 3.63) is 60.2 Å². The summed E-state index contributed by atoms with van der Waals surface area (Å²) in [6.07, 6.45) is 1.30. The van der Waals surface area contributed by atoms with Crippen LogP contribution in [0.25, 0.3) is 0 Å². The molecule has 0 saturated carbocycles. The van der Waals surface area contributed by atoms with Crippen molar-refractivity contribution in [2.75, 3.05) is 37.0 Å². The number of amides is 2. The van der Waals surface area contributed by atoms with Crippen LogP contribution in [0.15, 0.2) is 54.6 Å². The van der Waals surface area contributed by atoms with E-state index in [-0.39, 0.29) is 24.5 Å². The molecule has 2 aromatic rings. The highest BCUT2D eigenvalue weighted by atomic mass is 16.5. The van der Waals surface area contributed by atoms with Gasteiger partial charge in [-0.3, -0.25) is 9.59 Å². The van der Waals surface area contributed by atoms with Crippen LogP contribution in [0.3, 0.4) is 0 Å². The summed E-state index contributed by atoms with van der Waals surface area (Å²) in [4.78, 5) is 26.2. The number of ether oxygens (including phenoxy) is 1. The van der Waals surface area contributed by atoms with E-state index in [1.807, 2.05) is 30.3 Å². The minimum atomic E-state index is -0.266. The Bertz CT molecular complexity index is 747. The lowest BCUT2D eigenvalue weighted by atomic mass is 10.2. The molecule has 3 rings (SSSR count). The third kappa shape index (κ3) is 4.61. The molecule has 1 aliphatic rings. The number of rotatable bonds is 6. The van der Waals surface area contributed by atoms with E-state index in [1.54, 1.807) is 31.4 Å². The lowest BCUT2D eigenvalue weighted by Crippen LogP contribution is -2.32. The second-order valence-corrected chi connectivity index (χ2v) is 6.24. The number of carbonyl (C=O) groups excluding carboxylic acids is 2. The van der Waals surface area contributed by atoms with E-state index in [0.29, 0.717) is 11.3 Å². The fourth-order valence-electron chi connectivity index (χ4n) is 2.97. The Morgan fingerprint density at radius 2 is 1.85 bits per heavy atom. The van der Waals surface area contributed by atoms with Gasteiger partial charge in [-0.15, -0.1) is 0 Å². The average molecular weight is 353 g/mol. The van der Waals surface area contributed by atoms with Gasteiger partial charge in [0.05, 0.1) is 12.6 Å². The van der Waals surface area contributed by atoms with E-state index in [2.05, 4.69) is 15.5 Å². The second-order valence-electron chi connectivity index (χ2n) is 6.24. The predicted octanol–water partition coefficient (Wildman–Crippen LogP) is 2.28. The zero-order valence-electron chi connectivity index (χ0n) is 14.8. The van der Waals surface area contributed by atoms with Gasteiger partial charge in [-0.25, -0.2) is 0 Å². The first kappa shape index (κ1) is 17.9. The molecular formula is C20H23N3O3. The number of methoxy groups -OCH3 is 1. The maximum absolute atomic E-state index is 12.0. The molecule has 1 atom stereocenters. The highest BCUT2D eigenvalue weighted by molar-refractivity contribution is 5.99. The number of benzene rings is 2. The molecule has 0 radical (unpaired) electrons. The molecule has 6 nitrogen and oxygen atoms in total. The van der Waals surface area contributed by atoms with E-state index in [4.69, 9.17) is 4.74 Å². The van der Waals surface area contributed by atoms with Crippen molar-refractivity contribution in [1.29, 1.82) is 0 Å². The van der Waals surface area contributed by atoms with Crippen LogP contribution in [0.5, 0.6) is 0 Å². The summed E-state index contributed by atoms with van der Waals surface area (Å²) in [6, 6.07) is 16.5. The minimum Gasteiger partial charge on any atom is -0.380 e. The van der Waals surface area contributed by atoms with Crippen LogP contribution >= 0.6 is 0 Å². The number of carbonyl (C=O) groups is 2. The van der Waals surface area contributed by atoms with Crippen LogP contribution in [0.2, 0.25) is 0 Å². The molecule has 1 aliphatic heterocycles. The summed E-state index contributed by atoms with van der Waals surface area (Å²) in [5, 5.41) is 5.40. The van der Waals surface area contributed by atoms with Crippen LogP contribution in [0.1, 0.15) is 16.8 Å². The molecule has 1 saturated heterocycles. The van der Waals surface area contributed by atoms with Gasteiger partial charge in [-0.1, -0.05) is 18.2 Å². The lowest BCUT2D eigenvalue weighted by Gasteiger charge is -2.18. The van der Waals surface area contributed by atoms with Gasteiger partial charge < -0.3 is 20.3 Å². The third-order valence-electron chi connectivity index (χ3n) is 4.44. The topological polar surface area (TPSA) is 70.7 Å². The van der Waals surface area contributed by atoms with Gasteiger partial charge in [0.2, 0.25) is 5.91 Å². The second kappa shape index (κ2) is 8.49. The van der Waals surface area contributed by atoms with Crippen molar-refractivity contribution in [3.63, 3.8) is 0 Å². The summed E-state index contributed by atoms with van der Waals surface area (Å²) in [7, 11) is 1.74. The molecule has 0 aliphatic carbocycles. The summed E-state index contributed by atoms with van der Waals surface area (Å²) in [6.45, 7) is 1.78. The van der Waals surface area contributed by atoms with Crippen molar-refractivity contribution in [2.45, 2.75) is 12.5 Å². The van der Waals surface area contributed by atoms with Gasteiger partial charge in [-0.2, -0.15) is 0 Å². The quantitative estimate of drug-likeness (QED) is 0.836. The van der Waals surface area contributed by atoms with Crippen molar-refractivity contribution in [3.8, 4) is 0 Å². The first-order valence-electron chi connectivity index (χ1n) is 8.66. The first-order chi connectivity index (χ1) is 12.7. The Kier molecular flexibility index (Phi) is 5.86. The van der Waals surface area contributed by atoms with E-state index < -0.39 is 0 Å². The molecule has 26 heavy (non-hydrogen) atoms. The summed E-state index contributed by atoms with van der Waals surface area (Å²) >= 11 is 0. The Labute approximate surface area is 153 Å². The Balaban J connectivity index is 1.48. The van der Waals surface area contributed by atoms with Crippen molar-refractivity contribution in [2.24, 2.45) is 0 Å². The molecule has 0 aromatic heterocycles. The Hall–Kier alpha value is -2.86. The predicted molar refractivity (Wildman–Crippen MR) is 101 cm³/mol. The highest BCUT2D eigenvalue weighted by Gasteiger charge is 2.22. The smallest absolute Gasteiger partial charge is 0.251 e. The van der Waals surface area contributed by atoms with Crippen molar-refractivity contribution < 1.29 is 14.3 Å². The van der Waals surface area contributed by atoms with Crippen molar-refractivity contribution >= 4 is 23.2 Å². The number of nitrogens with one attached hydrogen (secondary N) is 2. The molecule has 1 fully saturated rings. The van der Waals surface area contributed by atoms with Crippen LogP contribution in [0.4, 0.5) is 11.4 Å². The highest BCUT2D eigenvalue weighted by Crippen LogP contribution is 2.23. The van der Waals surface area contributed by atoms with Gasteiger partial charge >= 0.3 is 0 Å². The van der Waals surface area contributed by atoms with Crippen molar-refractivity contribution in [1.82, 2.24) is 5.32 Å². The molecule has 136 valence electrons. The van der Waals surface area contributed by atoms with Gasteiger partial charge in [0.25, 0.3) is 5.91 Å². The van der Waals surface area contributed by atoms with Gasteiger partial charge in [0.15, 0.2) is 0 Å². The van der Waals surface area contributed by atoms with E-state index in [0.717, 1.165) is 25.2 Å². The molecule has 1 heterocycles. The summed E-state index contributed by atoms with van der Waals surface area (Å²) in [5.74, 6) is -0.527. The largest absolute Gasteiger partial charge is 0.380 e. The van der Waals surface area contributed by atoms with Gasteiger partial charge in [-0.05, 0) is 42.8 Å². The maximum Gasteiger partial charge on any atom is 0.251 e. The standard InChI is InChI=1S/C20H23N3O3/c1-26-18-11-12-23(14-18)17-9-7-16(8-10-17)22-19(24)13-21-20(25)15-5-3-2-4-6-15/h2-10,18H,11-14H2,1H3,(H,21,25)(H,22,24). The van der Waals surface area contributed by atoms with Gasteiger partial charge in [0, 0.05) is 37.1 Å². The zero-order valence-corrected chi connectivity index (χ0v) is 14.8. The molecule has 6 heteroatoms. The van der Waals surface area contributed by atoms with E-state index in [9.17, 15) is 9.59 Å². The van der Waals surface area contributed by atoms with Crippen LogP contribution in [0, 0.1) is 0 Å². The average Bonchev–Trinajstić information content (AvgIpc) is 3.16. The number of nitrogens with zero attached hydrogens (tertiary/aromatic N) is 1. The molecule has 0 spiro atoms. The lowest BCUT2D eigenvalue weighted by molar-refractivity contribution is -0.115. The SMILES string of the molecule is COC1CCN(c2ccc(NC(=O)CNC(=O)c3ccccc3)cc2)C1. The van der Waals surface area contributed by atoms with Gasteiger partial charge in [0.1, 0.15) is 0 Å². The summed E-state index contributed by atoms with van der Waals surface area (Å²) < 4.78 is 5.38. The first-order valence-corrected chi connectivity index (χ1v) is 8.66. The number of hydrogen-bond acceptors (Lipinski definition) is 4. The number of hydrogen-bond donors (Lipinski definition) is 2. The molecule has 1 unspecified atom stereocenters. The van der Waals surface area contributed by atoms with Crippen LogP contribution < -0.4 is 15.5 Å². The zero-order chi connectivity index (χ0) is 18.4. The molecule has 2 aromatic carbocycles. The van der Waals surface area contributed by atoms with E-state index in [1.165, 1.54) is 0 Å². The maximum atomic E-state index is 12.0. The number of anilines is 2. The fourth-order valence-corrected chi connectivity index (χ4v) is 2.97.